The van der Waals surface area contributed by atoms with Crippen LogP contribution >= 0.6 is 0 Å². The van der Waals surface area contributed by atoms with Crippen LogP contribution in [0.5, 0.6) is 5.75 Å². The number of carbonyl (C=O) groups excluding carboxylic acids is 1. The van der Waals surface area contributed by atoms with Crippen molar-refractivity contribution in [3.63, 3.8) is 0 Å². The molecule has 1 aliphatic heterocycles. The molecule has 2 fully saturated rings. The average Bonchev–Trinajstić information content (AvgIpc) is 3.51. The van der Waals surface area contributed by atoms with Gasteiger partial charge in [0, 0.05) is 42.9 Å². The summed E-state index contributed by atoms with van der Waals surface area (Å²) in [4.78, 5) is 17.9. The van der Waals surface area contributed by atoms with E-state index in [1.165, 1.54) is 5.69 Å². The zero-order chi connectivity index (χ0) is 27.0. The van der Waals surface area contributed by atoms with E-state index in [9.17, 15) is 4.79 Å². The first-order chi connectivity index (χ1) is 18.9. The molecule has 0 bridgehead atoms. The fourth-order valence-corrected chi connectivity index (χ4v) is 5.49. The molecule has 200 valence electrons. The molecule has 39 heavy (non-hydrogen) atoms. The summed E-state index contributed by atoms with van der Waals surface area (Å²) in [6.45, 7) is 6.39. The molecule has 6 rings (SSSR count). The first kappa shape index (κ1) is 25.2. The first-order valence-electron chi connectivity index (χ1n) is 13.6. The van der Waals surface area contributed by atoms with Crippen LogP contribution in [0.4, 0.5) is 11.4 Å². The predicted molar refractivity (Wildman–Crippen MR) is 158 cm³/mol. The number of nitrogens with one attached hydrogen (secondary N) is 2. The quantitative estimate of drug-likeness (QED) is 0.330. The van der Waals surface area contributed by atoms with E-state index in [1.807, 2.05) is 31.2 Å². The SMILES string of the molecule is COc1ccc(NC(=O)[C@]2(C)C[C@H]2c2ccc3c(/C=C/c4ccc(N5CCN(C)CC5)cc4)n[nH]c3c2)cc1. The Kier molecular flexibility index (Phi) is 6.61. The Labute approximate surface area is 229 Å². The Morgan fingerprint density at radius 2 is 1.77 bits per heavy atom. The lowest BCUT2D eigenvalue weighted by molar-refractivity contribution is -0.120. The molecule has 0 unspecified atom stereocenters. The van der Waals surface area contributed by atoms with Gasteiger partial charge in [0.15, 0.2) is 0 Å². The molecule has 2 aliphatic rings. The minimum atomic E-state index is -0.424. The fourth-order valence-electron chi connectivity index (χ4n) is 5.49. The number of aromatic amines is 1. The zero-order valence-corrected chi connectivity index (χ0v) is 22.8. The second kappa shape index (κ2) is 10.2. The number of hydrogen-bond acceptors (Lipinski definition) is 5. The number of piperazine rings is 1. The summed E-state index contributed by atoms with van der Waals surface area (Å²) in [5, 5.41) is 11.9. The van der Waals surface area contributed by atoms with Crippen molar-refractivity contribution in [2.24, 2.45) is 5.41 Å². The van der Waals surface area contributed by atoms with Crippen molar-refractivity contribution in [3.05, 3.63) is 83.6 Å². The summed E-state index contributed by atoms with van der Waals surface area (Å²) in [5.74, 6) is 0.996. The summed E-state index contributed by atoms with van der Waals surface area (Å²) < 4.78 is 5.20. The lowest BCUT2D eigenvalue weighted by Crippen LogP contribution is -2.44. The predicted octanol–water partition coefficient (Wildman–Crippen LogP) is 5.63. The maximum absolute atomic E-state index is 13.1. The number of amides is 1. The molecule has 3 aromatic carbocycles. The minimum absolute atomic E-state index is 0.0460. The highest BCUT2D eigenvalue weighted by Gasteiger charge is 2.56. The lowest BCUT2D eigenvalue weighted by atomic mass is 9.99. The van der Waals surface area contributed by atoms with E-state index in [0.29, 0.717) is 0 Å². The van der Waals surface area contributed by atoms with E-state index in [2.05, 4.69) is 87.0 Å². The Hall–Kier alpha value is -4.10. The van der Waals surface area contributed by atoms with E-state index in [0.717, 1.165) is 71.8 Å². The topological polar surface area (TPSA) is 73.5 Å². The number of anilines is 2. The van der Waals surface area contributed by atoms with Gasteiger partial charge in [0.1, 0.15) is 5.75 Å². The lowest BCUT2D eigenvalue weighted by Gasteiger charge is -2.34. The van der Waals surface area contributed by atoms with Gasteiger partial charge >= 0.3 is 0 Å². The summed E-state index contributed by atoms with van der Waals surface area (Å²) in [7, 11) is 3.81. The number of benzene rings is 3. The van der Waals surface area contributed by atoms with Crippen LogP contribution in [-0.2, 0) is 4.79 Å². The van der Waals surface area contributed by atoms with Gasteiger partial charge in [-0.1, -0.05) is 37.3 Å². The molecular formula is C32H35N5O2. The van der Waals surface area contributed by atoms with E-state index < -0.39 is 5.41 Å². The number of likely N-dealkylation sites (N-methyl/N-ethyl adjacent to an activating group) is 1. The standard InChI is InChI=1S/C32H35N5O2/c1-32(31(38)33-24-8-12-26(39-3)13-9-24)21-28(32)23-7-14-27-29(34-35-30(27)20-23)15-6-22-4-10-25(11-5-22)37-18-16-36(2)17-19-37/h4-15,20,28H,16-19,21H2,1-3H3,(H,33,38)(H,34,35)/b15-6+/t28-,32+/m0/s1. The van der Waals surface area contributed by atoms with Gasteiger partial charge in [-0.25, -0.2) is 0 Å². The number of hydrogen-bond donors (Lipinski definition) is 2. The van der Waals surface area contributed by atoms with Gasteiger partial charge in [-0.2, -0.15) is 5.10 Å². The largest absolute Gasteiger partial charge is 0.497 e. The summed E-state index contributed by atoms with van der Waals surface area (Å²) >= 11 is 0. The van der Waals surface area contributed by atoms with Crippen molar-refractivity contribution in [2.45, 2.75) is 19.3 Å². The van der Waals surface area contributed by atoms with Gasteiger partial charge in [-0.15, -0.1) is 0 Å². The van der Waals surface area contributed by atoms with Crippen LogP contribution in [0, 0.1) is 5.41 Å². The molecule has 1 aliphatic carbocycles. The molecule has 7 nitrogen and oxygen atoms in total. The third kappa shape index (κ3) is 5.14. The smallest absolute Gasteiger partial charge is 0.230 e. The molecule has 0 spiro atoms. The van der Waals surface area contributed by atoms with Crippen molar-refractivity contribution in [1.29, 1.82) is 0 Å². The van der Waals surface area contributed by atoms with E-state index >= 15 is 0 Å². The van der Waals surface area contributed by atoms with Crippen molar-refractivity contribution in [2.75, 3.05) is 50.6 Å². The zero-order valence-electron chi connectivity index (χ0n) is 22.8. The molecule has 1 amide bonds. The normalized spacial score (nSPS) is 21.4. The number of rotatable bonds is 7. The second-order valence-corrected chi connectivity index (χ2v) is 11.0. The maximum atomic E-state index is 13.1. The monoisotopic (exact) mass is 521 g/mol. The van der Waals surface area contributed by atoms with Gasteiger partial charge in [0.25, 0.3) is 0 Å². The molecule has 4 aromatic rings. The Morgan fingerprint density at radius 1 is 1.03 bits per heavy atom. The number of nitrogens with zero attached hydrogens (tertiary/aromatic N) is 3. The molecule has 1 aromatic heterocycles. The van der Waals surface area contributed by atoms with Gasteiger partial charge in [0.05, 0.1) is 23.7 Å². The van der Waals surface area contributed by atoms with Crippen molar-refractivity contribution < 1.29 is 9.53 Å². The van der Waals surface area contributed by atoms with Crippen LogP contribution in [0.15, 0.2) is 66.7 Å². The number of methoxy groups -OCH3 is 1. The van der Waals surface area contributed by atoms with Crippen LogP contribution in [0.3, 0.4) is 0 Å². The highest BCUT2D eigenvalue weighted by atomic mass is 16.5. The molecule has 2 N–H and O–H groups in total. The van der Waals surface area contributed by atoms with E-state index in [4.69, 9.17) is 4.74 Å². The third-order valence-corrected chi connectivity index (χ3v) is 8.32. The molecule has 2 heterocycles. The summed E-state index contributed by atoms with van der Waals surface area (Å²) in [6.07, 6.45) is 5.00. The molecular weight excluding hydrogens is 486 g/mol. The number of ether oxygens (including phenoxy) is 1. The van der Waals surface area contributed by atoms with E-state index in [1.54, 1.807) is 7.11 Å². The minimum Gasteiger partial charge on any atom is -0.497 e. The average molecular weight is 522 g/mol. The molecule has 0 radical (unpaired) electrons. The Morgan fingerprint density at radius 3 is 2.49 bits per heavy atom. The van der Waals surface area contributed by atoms with Crippen molar-refractivity contribution in [3.8, 4) is 5.75 Å². The number of fused-ring (bicyclic) bond motifs is 1. The molecule has 1 saturated carbocycles. The first-order valence-corrected chi connectivity index (χ1v) is 13.6. The number of aromatic nitrogens is 2. The second-order valence-electron chi connectivity index (χ2n) is 11.0. The van der Waals surface area contributed by atoms with Crippen molar-refractivity contribution >= 4 is 40.3 Å². The number of carbonyl (C=O) groups is 1. The number of H-pyrrole nitrogens is 1. The van der Waals surface area contributed by atoms with Gasteiger partial charge in [-0.05, 0) is 79.1 Å². The highest BCUT2D eigenvalue weighted by molar-refractivity contribution is 5.98. The Balaban J connectivity index is 1.11. The van der Waals surface area contributed by atoms with E-state index in [-0.39, 0.29) is 11.8 Å². The van der Waals surface area contributed by atoms with Crippen LogP contribution in [-0.4, -0.2) is 61.3 Å². The fraction of sp³-hybridized carbons (Fsp3) is 0.312. The van der Waals surface area contributed by atoms with Crippen LogP contribution in [0.2, 0.25) is 0 Å². The van der Waals surface area contributed by atoms with Gasteiger partial charge in [0.2, 0.25) is 5.91 Å². The summed E-state index contributed by atoms with van der Waals surface area (Å²) in [5.41, 5.74) is 5.85. The third-order valence-electron chi connectivity index (χ3n) is 8.32. The van der Waals surface area contributed by atoms with Gasteiger partial charge in [-0.3, -0.25) is 9.89 Å². The highest BCUT2D eigenvalue weighted by Crippen LogP contribution is 2.59. The molecule has 7 heteroatoms. The van der Waals surface area contributed by atoms with Crippen LogP contribution in [0.25, 0.3) is 23.1 Å². The van der Waals surface area contributed by atoms with Gasteiger partial charge < -0.3 is 19.9 Å². The van der Waals surface area contributed by atoms with Crippen LogP contribution < -0.4 is 15.0 Å². The molecule has 1 saturated heterocycles. The van der Waals surface area contributed by atoms with Crippen LogP contribution in [0.1, 0.15) is 36.1 Å². The molecule has 2 atom stereocenters. The Bertz CT molecular complexity index is 1500. The summed E-state index contributed by atoms with van der Waals surface area (Å²) in [6, 6.07) is 22.6. The van der Waals surface area contributed by atoms with Crippen molar-refractivity contribution in [1.82, 2.24) is 15.1 Å². The maximum Gasteiger partial charge on any atom is 0.230 e.